The maximum atomic E-state index is 12.2. The fourth-order valence-electron chi connectivity index (χ4n) is 2.41. The number of rotatable bonds is 2. The van der Waals surface area contributed by atoms with Gasteiger partial charge < -0.3 is 5.32 Å². The van der Waals surface area contributed by atoms with E-state index in [1.165, 1.54) is 0 Å². The molecule has 0 heterocycles. The van der Waals surface area contributed by atoms with Crippen molar-refractivity contribution in [1.82, 2.24) is 5.32 Å². The molecule has 4 heteroatoms. The third kappa shape index (κ3) is 2.49. The number of hydrogen-bond donors (Lipinski definition) is 1. The molecule has 0 aromatic heterocycles. The Bertz CT molecular complexity index is 513. The normalized spacial score (nSPS) is 17.2. The molecule has 0 unspecified atom stereocenters. The van der Waals surface area contributed by atoms with E-state index in [0.717, 1.165) is 31.2 Å². The SMILES string of the molecule is Cc1cc(Cl)ccc1C(=O)NC1(C#N)CCCC1. The zero-order valence-corrected chi connectivity index (χ0v) is 11.0. The van der Waals surface area contributed by atoms with Crippen molar-refractivity contribution >= 4 is 17.5 Å². The minimum absolute atomic E-state index is 0.187. The third-order valence-corrected chi connectivity index (χ3v) is 3.69. The molecule has 0 aliphatic heterocycles. The Kier molecular flexibility index (Phi) is 3.58. The van der Waals surface area contributed by atoms with Gasteiger partial charge in [0, 0.05) is 10.6 Å². The van der Waals surface area contributed by atoms with Crippen molar-refractivity contribution in [3.63, 3.8) is 0 Å². The van der Waals surface area contributed by atoms with E-state index in [1.807, 2.05) is 6.92 Å². The molecule has 1 saturated carbocycles. The second-order valence-corrected chi connectivity index (χ2v) is 5.25. The lowest BCUT2D eigenvalue weighted by Gasteiger charge is -2.22. The molecule has 0 bridgehead atoms. The summed E-state index contributed by atoms with van der Waals surface area (Å²) in [6.45, 7) is 1.84. The summed E-state index contributed by atoms with van der Waals surface area (Å²) in [6.07, 6.45) is 3.46. The molecule has 1 aromatic rings. The molecular weight excluding hydrogens is 248 g/mol. The number of nitrogens with one attached hydrogen (secondary N) is 1. The van der Waals surface area contributed by atoms with Crippen LogP contribution in [0.4, 0.5) is 0 Å². The van der Waals surface area contributed by atoms with Gasteiger partial charge in [0.15, 0.2) is 0 Å². The van der Waals surface area contributed by atoms with E-state index >= 15 is 0 Å². The first-order chi connectivity index (χ1) is 8.56. The van der Waals surface area contributed by atoms with Gasteiger partial charge in [-0.2, -0.15) is 5.26 Å². The van der Waals surface area contributed by atoms with Crippen LogP contribution in [0.25, 0.3) is 0 Å². The number of aryl methyl sites for hydroxylation is 1. The highest BCUT2D eigenvalue weighted by Crippen LogP contribution is 2.29. The van der Waals surface area contributed by atoms with Crippen molar-refractivity contribution < 1.29 is 4.79 Å². The lowest BCUT2D eigenvalue weighted by Crippen LogP contribution is -2.45. The molecule has 1 aromatic carbocycles. The Labute approximate surface area is 112 Å². The van der Waals surface area contributed by atoms with Gasteiger partial charge in [-0.3, -0.25) is 4.79 Å². The van der Waals surface area contributed by atoms with Crippen molar-refractivity contribution in [3.8, 4) is 6.07 Å². The number of hydrogen-bond acceptors (Lipinski definition) is 2. The smallest absolute Gasteiger partial charge is 0.252 e. The molecule has 0 radical (unpaired) electrons. The summed E-state index contributed by atoms with van der Waals surface area (Å²) in [7, 11) is 0. The van der Waals surface area contributed by atoms with Gasteiger partial charge in [0.25, 0.3) is 5.91 Å². The number of nitrogens with zero attached hydrogens (tertiary/aromatic N) is 1. The van der Waals surface area contributed by atoms with Gasteiger partial charge in [-0.15, -0.1) is 0 Å². The maximum absolute atomic E-state index is 12.2. The minimum Gasteiger partial charge on any atom is -0.334 e. The van der Waals surface area contributed by atoms with Gasteiger partial charge in [0.1, 0.15) is 5.54 Å². The zero-order chi connectivity index (χ0) is 13.2. The number of halogens is 1. The molecule has 1 aliphatic carbocycles. The molecule has 94 valence electrons. The van der Waals surface area contributed by atoms with Gasteiger partial charge in [-0.1, -0.05) is 11.6 Å². The topological polar surface area (TPSA) is 52.9 Å². The fraction of sp³-hybridized carbons (Fsp3) is 0.429. The van der Waals surface area contributed by atoms with Crippen LogP contribution in [-0.4, -0.2) is 11.4 Å². The lowest BCUT2D eigenvalue weighted by atomic mass is 9.98. The number of carbonyl (C=O) groups is 1. The van der Waals surface area contributed by atoms with Crippen molar-refractivity contribution in [1.29, 1.82) is 5.26 Å². The average Bonchev–Trinajstić information content (AvgIpc) is 2.78. The first-order valence-corrected chi connectivity index (χ1v) is 6.44. The predicted molar refractivity (Wildman–Crippen MR) is 70.5 cm³/mol. The summed E-state index contributed by atoms with van der Waals surface area (Å²) in [5, 5.41) is 12.7. The summed E-state index contributed by atoms with van der Waals surface area (Å²) in [4.78, 5) is 12.2. The number of benzene rings is 1. The molecule has 1 aliphatic rings. The third-order valence-electron chi connectivity index (χ3n) is 3.46. The Balaban J connectivity index is 2.19. The monoisotopic (exact) mass is 262 g/mol. The number of carbonyl (C=O) groups excluding carboxylic acids is 1. The summed E-state index contributed by atoms with van der Waals surface area (Å²) in [5.74, 6) is -0.187. The van der Waals surface area contributed by atoms with Crippen LogP contribution in [0.1, 0.15) is 41.6 Å². The Morgan fingerprint density at radius 2 is 2.11 bits per heavy atom. The largest absolute Gasteiger partial charge is 0.334 e. The van der Waals surface area contributed by atoms with Crippen LogP contribution in [-0.2, 0) is 0 Å². The summed E-state index contributed by atoms with van der Waals surface area (Å²) in [6, 6.07) is 7.40. The van der Waals surface area contributed by atoms with E-state index < -0.39 is 5.54 Å². The molecule has 0 spiro atoms. The molecular formula is C14H15ClN2O. The van der Waals surface area contributed by atoms with Gasteiger partial charge in [0.05, 0.1) is 6.07 Å². The Morgan fingerprint density at radius 1 is 1.44 bits per heavy atom. The highest BCUT2D eigenvalue weighted by Gasteiger charge is 2.35. The van der Waals surface area contributed by atoms with Gasteiger partial charge in [0.2, 0.25) is 0 Å². The van der Waals surface area contributed by atoms with E-state index in [4.69, 9.17) is 11.6 Å². The quantitative estimate of drug-likeness (QED) is 0.890. The Hall–Kier alpha value is -1.53. The Morgan fingerprint density at radius 3 is 2.67 bits per heavy atom. The van der Waals surface area contributed by atoms with Crippen LogP contribution in [0.2, 0.25) is 5.02 Å². The summed E-state index contributed by atoms with van der Waals surface area (Å²) in [5.41, 5.74) is 0.732. The standard InChI is InChI=1S/C14H15ClN2O/c1-10-8-11(15)4-5-12(10)13(18)17-14(9-16)6-2-3-7-14/h4-5,8H,2-3,6-7H2,1H3,(H,17,18). The van der Waals surface area contributed by atoms with Crippen molar-refractivity contribution in [2.45, 2.75) is 38.1 Å². The van der Waals surface area contributed by atoms with Gasteiger partial charge in [-0.05, 0) is 56.4 Å². The summed E-state index contributed by atoms with van der Waals surface area (Å²) < 4.78 is 0. The van der Waals surface area contributed by atoms with Crippen molar-refractivity contribution in [2.75, 3.05) is 0 Å². The second-order valence-electron chi connectivity index (χ2n) is 4.81. The number of nitriles is 1. The van der Waals surface area contributed by atoms with E-state index in [-0.39, 0.29) is 5.91 Å². The molecule has 2 rings (SSSR count). The highest BCUT2D eigenvalue weighted by atomic mass is 35.5. The number of amides is 1. The molecule has 0 saturated heterocycles. The molecule has 18 heavy (non-hydrogen) atoms. The lowest BCUT2D eigenvalue weighted by molar-refractivity contribution is 0.0920. The average molecular weight is 263 g/mol. The molecule has 3 nitrogen and oxygen atoms in total. The highest BCUT2D eigenvalue weighted by molar-refractivity contribution is 6.30. The summed E-state index contributed by atoms with van der Waals surface area (Å²) >= 11 is 5.86. The van der Waals surface area contributed by atoms with Crippen LogP contribution in [0.3, 0.4) is 0 Å². The van der Waals surface area contributed by atoms with Crippen molar-refractivity contribution in [2.24, 2.45) is 0 Å². The van der Waals surface area contributed by atoms with Crippen LogP contribution >= 0.6 is 11.6 Å². The maximum Gasteiger partial charge on any atom is 0.252 e. The second kappa shape index (κ2) is 4.99. The molecule has 1 fully saturated rings. The molecule has 1 amide bonds. The van der Waals surface area contributed by atoms with Crippen molar-refractivity contribution in [3.05, 3.63) is 34.3 Å². The van der Waals surface area contributed by atoms with Crippen LogP contribution in [0.5, 0.6) is 0 Å². The van der Waals surface area contributed by atoms with Crippen LogP contribution in [0, 0.1) is 18.3 Å². The van der Waals surface area contributed by atoms with E-state index in [9.17, 15) is 10.1 Å². The van der Waals surface area contributed by atoms with Crippen LogP contribution in [0.15, 0.2) is 18.2 Å². The van der Waals surface area contributed by atoms with Gasteiger partial charge >= 0.3 is 0 Å². The molecule has 1 N–H and O–H groups in total. The predicted octanol–water partition coefficient (Wildman–Crippen LogP) is 3.21. The first-order valence-electron chi connectivity index (χ1n) is 6.06. The fourth-order valence-corrected chi connectivity index (χ4v) is 2.64. The first kappa shape index (κ1) is 12.9. The molecule has 0 atom stereocenters. The minimum atomic E-state index is -0.677. The van der Waals surface area contributed by atoms with E-state index in [0.29, 0.717) is 10.6 Å². The van der Waals surface area contributed by atoms with Crippen LogP contribution < -0.4 is 5.32 Å². The van der Waals surface area contributed by atoms with Gasteiger partial charge in [-0.25, -0.2) is 0 Å². The zero-order valence-electron chi connectivity index (χ0n) is 10.3. The van der Waals surface area contributed by atoms with E-state index in [2.05, 4.69) is 11.4 Å². The van der Waals surface area contributed by atoms with E-state index in [1.54, 1.807) is 18.2 Å².